The molecule has 0 aliphatic heterocycles. The Hall–Kier alpha value is -0.530. The van der Waals surface area contributed by atoms with Crippen LogP contribution in [-0.4, -0.2) is 12.6 Å². The molecule has 1 saturated carbocycles. The molecule has 0 spiro atoms. The van der Waals surface area contributed by atoms with Gasteiger partial charge in [-0.15, -0.1) is 0 Å². The van der Waals surface area contributed by atoms with Crippen LogP contribution < -0.4 is 0 Å². The van der Waals surface area contributed by atoms with E-state index >= 15 is 0 Å². The second-order valence-electron chi connectivity index (χ2n) is 4.93. The van der Waals surface area contributed by atoms with E-state index in [0.29, 0.717) is 24.9 Å². The first-order valence-corrected chi connectivity index (χ1v) is 6.38. The minimum absolute atomic E-state index is 0.00546. The number of rotatable bonds is 8. The lowest BCUT2D eigenvalue weighted by Crippen LogP contribution is -2.11. The molecule has 0 aromatic rings. The maximum absolute atomic E-state index is 11.4. The predicted molar refractivity (Wildman–Crippen MR) is 61.6 cm³/mol. The summed E-state index contributed by atoms with van der Waals surface area (Å²) in [5, 5.41) is 0. The first kappa shape index (κ1) is 12.5. The average Bonchev–Trinajstić information content (AvgIpc) is 2.98. The molecule has 2 heteroatoms. The highest BCUT2D eigenvalue weighted by atomic mass is 16.5. The van der Waals surface area contributed by atoms with Crippen LogP contribution in [0.5, 0.6) is 0 Å². The van der Waals surface area contributed by atoms with Gasteiger partial charge >= 0.3 is 5.97 Å². The van der Waals surface area contributed by atoms with E-state index in [4.69, 9.17) is 4.74 Å². The number of ether oxygens (including phenoxy) is 1. The molecule has 1 aliphatic rings. The Morgan fingerprint density at radius 1 is 1.40 bits per heavy atom. The number of hydrogen-bond acceptors (Lipinski definition) is 2. The summed E-state index contributed by atoms with van der Waals surface area (Å²) in [6.07, 6.45) is 8.04. The maximum atomic E-state index is 11.4. The van der Waals surface area contributed by atoms with Gasteiger partial charge < -0.3 is 4.74 Å². The van der Waals surface area contributed by atoms with Crippen LogP contribution in [0.25, 0.3) is 0 Å². The Labute approximate surface area is 93.4 Å². The zero-order chi connectivity index (χ0) is 11.1. The van der Waals surface area contributed by atoms with Crippen LogP contribution in [0.2, 0.25) is 0 Å². The van der Waals surface area contributed by atoms with Gasteiger partial charge in [-0.3, -0.25) is 4.79 Å². The summed E-state index contributed by atoms with van der Waals surface area (Å²) in [6, 6.07) is 0. The summed E-state index contributed by atoms with van der Waals surface area (Å²) >= 11 is 0. The smallest absolute Gasteiger partial charge is 0.306 e. The molecule has 0 N–H and O–H groups in total. The Morgan fingerprint density at radius 2 is 2.13 bits per heavy atom. The number of unbranched alkanes of at least 4 members (excludes halogenated alkanes) is 2. The minimum Gasteiger partial charge on any atom is -0.465 e. The van der Waals surface area contributed by atoms with Gasteiger partial charge in [0, 0.05) is 6.42 Å². The Kier molecular flexibility index (Phi) is 5.74. The fraction of sp³-hybridized carbons (Fsp3) is 0.923. The first-order valence-electron chi connectivity index (χ1n) is 6.38. The van der Waals surface area contributed by atoms with E-state index in [9.17, 15) is 4.79 Å². The molecule has 0 bridgehead atoms. The van der Waals surface area contributed by atoms with Crippen molar-refractivity contribution < 1.29 is 9.53 Å². The van der Waals surface area contributed by atoms with Gasteiger partial charge in [0.1, 0.15) is 0 Å². The lowest BCUT2D eigenvalue weighted by Gasteiger charge is -2.10. The molecule has 15 heavy (non-hydrogen) atoms. The molecule has 1 atom stereocenters. The minimum atomic E-state index is 0.00546. The van der Waals surface area contributed by atoms with Crippen LogP contribution in [0.1, 0.15) is 58.8 Å². The summed E-state index contributed by atoms with van der Waals surface area (Å²) in [5.74, 6) is 1.18. The third-order valence-corrected chi connectivity index (χ3v) is 2.99. The highest BCUT2D eigenvalue weighted by Crippen LogP contribution is 2.29. The van der Waals surface area contributed by atoms with Crippen molar-refractivity contribution in [1.82, 2.24) is 0 Å². The fourth-order valence-corrected chi connectivity index (χ4v) is 1.68. The van der Waals surface area contributed by atoms with Crippen LogP contribution in [0.15, 0.2) is 0 Å². The van der Waals surface area contributed by atoms with Crippen LogP contribution in [0.4, 0.5) is 0 Å². The SMILES string of the molecule is CCCCC[C@H](C)CC(=O)OCC1CC1. The lowest BCUT2D eigenvalue weighted by atomic mass is 10.0. The van der Waals surface area contributed by atoms with Crippen LogP contribution >= 0.6 is 0 Å². The molecule has 0 aromatic heterocycles. The summed E-state index contributed by atoms with van der Waals surface area (Å²) in [4.78, 5) is 11.4. The topological polar surface area (TPSA) is 26.3 Å². The predicted octanol–water partition coefficient (Wildman–Crippen LogP) is 3.55. The monoisotopic (exact) mass is 212 g/mol. The van der Waals surface area contributed by atoms with E-state index < -0.39 is 0 Å². The van der Waals surface area contributed by atoms with Crippen molar-refractivity contribution >= 4 is 5.97 Å². The van der Waals surface area contributed by atoms with Gasteiger partial charge in [0.05, 0.1) is 6.61 Å². The van der Waals surface area contributed by atoms with Gasteiger partial charge in [0.25, 0.3) is 0 Å². The molecule has 2 nitrogen and oxygen atoms in total. The number of carbonyl (C=O) groups is 1. The maximum Gasteiger partial charge on any atom is 0.306 e. The second kappa shape index (κ2) is 6.86. The molecular weight excluding hydrogens is 188 g/mol. The number of carbonyl (C=O) groups excluding carboxylic acids is 1. The van der Waals surface area contributed by atoms with Crippen molar-refractivity contribution in [2.24, 2.45) is 11.8 Å². The molecule has 0 saturated heterocycles. The molecule has 0 heterocycles. The summed E-state index contributed by atoms with van der Waals surface area (Å²) in [7, 11) is 0. The van der Waals surface area contributed by atoms with Gasteiger partial charge in [0.2, 0.25) is 0 Å². The van der Waals surface area contributed by atoms with Gasteiger partial charge in [-0.1, -0.05) is 39.5 Å². The molecule has 1 rings (SSSR count). The molecule has 0 radical (unpaired) electrons. The van der Waals surface area contributed by atoms with Gasteiger partial charge in [0.15, 0.2) is 0 Å². The van der Waals surface area contributed by atoms with E-state index in [1.807, 2.05) is 0 Å². The second-order valence-corrected chi connectivity index (χ2v) is 4.93. The molecule has 0 unspecified atom stereocenters. The third-order valence-electron chi connectivity index (χ3n) is 2.99. The largest absolute Gasteiger partial charge is 0.465 e. The highest BCUT2D eigenvalue weighted by Gasteiger charge is 2.23. The van der Waals surface area contributed by atoms with Gasteiger partial charge in [-0.05, 0) is 24.7 Å². The normalized spacial score (nSPS) is 17.5. The zero-order valence-corrected chi connectivity index (χ0v) is 10.1. The van der Waals surface area contributed by atoms with Crippen LogP contribution in [0, 0.1) is 11.8 Å². The van der Waals surface area contributed by atoms with Crippen molar-refractivity contribution in [2.75, 3.05) is 6.61 Å². The first-order chi connectivity index (χ1) is 7.22. The van der Waals surface area contributed by atoms with E-state index in [1.165, 1.54) is 32.1 Å². The van der Waals surface area contributed by atoms with Crippen molar-refractivity contribution in [3.63, 3.8) is 0 Å². The van der Waals surface area contributed by atoms with Crippen molar-refractivity contribution in [3.05, 3.63) is 0 Å². The average molecular weight is 212 g/mol. The number of hydrogen-bond donors (Lipinski definition) is 0. The molecule has 1 aliphatic carbocycles. The van der Waals surface area contributed by atoms with E-state index in [1.54, 1.807) is 0 Å². The van der Waals surface area contributed by atoms with Gasteiger partial charge in [-0.2, -0.15) is 0 Å². The Balaban J connectivity index is 1.96. The third kappa shape index (κ3) is 6.53. The highest BCUT2D eigenvalue weighted by molar-refractivity contribution is 5.69. The van der Waals surface area contributed by atoms with Crippen LogP contribution in [0.3, 0.4) is 0 Å². The summed E-state index contributed by atoms with van der Waals surface area (Å²) in [6.45, 7) is 5.02. The van der Waals surface area contributed by atoms with Crippen molar-refractivity contribution in [1.29, 1.82) is 0 Å². The molecule has 0 amide bonds. The van der Waals surface area contributed by atoms with E-state index in [0.717, 1.165) is 6.42 Å². The zero-order valence-electron chi connectivity index (χ0n) is 10.1. The summed E-state index contributed by atoms with van der Waals surface area (Å²) in [5.41, 5.74) is 0. The Morgan fingerprint density at radius 3 is 2.73 bits per heavy atom. The lowest BCUT2D eigenvalue weighted by molar-refractivity contribution is -0.145. The molecule has 88 valence electrons. The van der Waals surface area contributed by atoms with Crippen molar-refractivity contribution in [3.8, 4) is 0 Å². The summed E-state index contributed by atoms with van der Waals surface area (Å²) < 4.78 is 5.20. The Bertz CT molecular complexity index is 185. The van der Waals surface area contributed by atoms with Crippen LogP contribution in [-0.2, 0) is 9.53 Å². The number of esters is 1. The molecule has 1 fully saturated rings. The van der Waals surface area contributed by atoms with Crippen molar-refractivity contribution in [2.45, 2.75) is 58.8 Å². The molecule has 0 aromatic carbocycles. The van der Waals surface area contributed by atoms with Gasteiger partial charge in [-0.25, -0.2) is 0 Å². The quantitative estimate of drug-likeness (QED) is 0.454. The molecular formula is C13H24O2. The fourth-order valence-electron chi connectivity index (χ4n) is 1.68. The van der Waals surface area contributed by atoms with E-state index in [2.05, 4.69) is 13.8 Å². The standard InChI is InChI=1S/C13H24O2/c1-3-4-5-6-11(2)9-13(14)15-10-12-7-8-12/h11-12H,3-10H2,1-2H3/t11-/m0/s1. The van der Waals surface area contributed by atoms with E-state index in [-0.39, 0.29) is 5.97 Å².